The van der Waals surface area contributed by atoms with Crippen molar-refractivity contribution in [3.8, 4) is 11.8 Å². The first-order valence-electron chi connectivity index (χ1n) is 10.5. The summed E-state index contributed by atoms with van der Waals surface area (Å²) in [5, 5.41) is 16.0. The van der Waals surface area contributed by atoms with Gasteiger partial charge in [-0.15, -0.1) is 0 Å². The normalized spacial score (nSPS) is 14.1. The zero-order chi connectivity index (χ0) is 22.5. The summed E-state index contributed by atoms with van der Waals surface area (Å²) in [6, 6.07) is 9.26. The number of nitrogens with one attached hydrogen (secondary N) is 4. The minimum Gasteiger partial charge on any atom is -0.424 e. The van der Waals surface area contributed by atoms with Crippen LogP contribution in [0.3, 0.4) is 0 Å². The molecule has 2 aromatic heterocycles. The van der Waals surface area contributed by atoms with Gasteiger partial charge < -0.3 is 25.4 Å². The van der Waals surface area contributed by atoms with Gasteiger partial charge in [0, 0.05) is 42.8 Å². The van der Waals surface area contributed by atoms with Crippen LogP contribution in [0.2, 0.25) is 0 Å². The number of H-pyrrole nitrogens is 1. The fourth-order valence-electron chi connectivity index (χ4n) is 3.41. The molecule has 1 aromatic carbocycles. The fourth-order valence-corrected chi connectivity index (χ4v) is 3.41. The number of aromatic amines is 1. The molecular formula is C22H27N7O3. The lowest BCUT2D eigenvalue weighted by Crippen LogP contribution is -2.41. The second kappa shape index (κ2) is 9.65. The lowest BCUT2D eigenvalue weighted by atomic mass is 10.1. The Hall–Kier alpha value is -3.66. The van der Waals surface area contributed by atoms with Crippen molar-refractivity contribution in [2.75, 3.05) is 23.8 Å². The van der Waals surface area contributed by atoms with E-state index in [1.54, 1.807) is 12.1 Å². The Labute approximate surface area is 186 Å². The maximum absolute atomic E-state index is 12.3. The first-order valence-corrected chi connectivity index (χ1v) is 10.5. The molecule has 10 nitrogen and oxygen atoms in total. The van der Waals surface area contributed by atoms with Crippen LogP contribution in [0, 0.1) is 20.8 Å². The maximum atomic E-state index is 12.3. The number of hydrogen-bond acceptors (Lipinski definition) is 7. The highest BCUT2D eigenvalue weighted by Crippen LogP contribution is 2.27. The number of anilines is 3. The minimum absolute atomic E-state index is 0.138. The number of carbonyl (C=O) groups excluding carboxylic acids is 1. The molecule has 10 heteroatoms. The summed E-state index contributed by atoms with van der Waals surface area (Å²) >= 11 is 0. The van der Waals surface area contributed by atoms with Gasteiger partial charge in [-0.3, -0.25) is 5.10 Å². The standard InChI is InChI=1S/C22H27N7O3/c1-13-10-17(25-21(30)24-16-6-8-31-9-7-16)4-5-18(13)32-22-23-14(2)11-19(27-22)26-20-12-15(3)28-29-20/h4-5,10-12,16H,6-9H2,1-3H3,(H2,24,25,30)(H2,23,26,27,28,29). The monoisotopic (exact) mass is 437 g/mol. The molecule has 0 unspecified atom stereocenters. The first-order chi connectivity index (χ1) is 15.4. The minimum atomic E-state index is -0.225. The third-order valence-corrected chi connectivity index (χ3v) is 4.99. The van der Waals surface area contributed by atoms with Crippen LogP contribution in [-0.4, -0.2) is 45.5 Å². The van der Waals surface area contributed by atoms with E-state index < -0.39 is 0 Å². The summed E-state index contributed by atoms with van der Waals surface area (Å²) in [7, 11) is 0. The maximum Gasteiger partial charge on any atom is 0.324 e. The van der Waals surface area contributed by atoms with Crippen LogP contribution in [0.5, 0.6) is 11.8 Å². The molecule has 32 heavy (non-hydrogen) atoms. The van der Waals surface area contributed by atoms with Crippen molar-refractivity contribution >= 4 is 23.4 Å². The quantitative estimate of drug-likeness (QED) is 0.460. The molecule has 168 valence electrons. The Morgan fingerprint density at radius 1 is 1.09 bits per heavy atom. The smallest absolute Gasteiger partial charge is 0.324 e. The van der Waals surface area contributed by atoms with Crippen LogP contribution in [0.25, 0.3) is 0 Å². The number of urea groups is 1. The second-order valence-electron chi connectivity index (χ2n) is 7.79. The summed E-state index contributed by atoms with van der Waals surface area (Å²) in [5.41, 5.74) is 3.16. The van der Waals surface area contributed by atoms with Gasteiger partial charge in [0.05, 0.1) is 5.69 Å². The van der Waals surface area contributed by atoms with Crippen molar-refractivity contribution < 1.29 is 14.3 Å². The third-order valence-electron chi connectivity index (χ3n) is 4.99. The molecule has 2 amide bonds. The molecule has 0 bridgehead atoms. The van der Waals surface area contributed by atoms with Crippen LogP contribution in [0.4, 0.5) is 22.1 Å². The molecule has 0 spiro atoms. The number of carbonyl (C=O) groups is 1. The van der Waals surface area contributed by atoms with Gasteiger partial charge in [-0.1, -0.05) is 0 Å². The van der Waals surface area contributed by atoms with E-state index in [2.05, 4.69) is 36.1 Å². The van der Waals surface area contributed by atoms with E-state index in [0.717, 1.165) is 35.6 Å². The molecule has 3 aromatic rings. The van der Waals surface area contributed by atoms with Gasteiger partial charge in [-0.2, -0.15) is 10.1 Å². The highest BCUT2D eigenvalue weighted by Gasteiger charge is 2.16. The highest BCUT2D eigenvalue weighted by molar-refractivity contribution is 5.89. The van der Waals surface area contributed by atoms with Gasteiger partial charge in [0.25, 0.3) is 0 Å². The summed E-state index contributed by atoms with van der Waals surface area (Å²) < 4.78 is 11.2. The van der Waals surface area contributed by atoms with Gasteiger partial charge in [0.1, 0.15) is 17.4 Å². The highest BCUT2D eigenvalue weighted by atomic mass is 16.5. The first kappa shape index (κ1) is 21.6. The van der Waals surface area contributed by atoms with Crippen molar-refractivity contribution in [3.63, 3.8) is 0 Å². The number of nitrogens with zero attached hydrogens (tertiary/aromatic N) is 3. The summed E-state index contributed by atoms with van der Waals surface area (Å²) in [6.45, 7) is 7.02. The average Bonchev–Trinajstić information content (AvgIpc) is 3.15. The van der Waals surface area contributed by atoms with E-state index in [1.165, 1.54) is 0 Å². The van der Waals surface area contributed by atoms with Crippen LogP contribution in [-0.2, 0) is 4.74 Å². The number of aryl methyl sites for hydroxylation is 3. The molecule has 1 saturated heterocycles. The molecule has 3 heterocycles. The lowest BCUT2D eigenvalue weighted by molar-refractivity contribution is 0.0806. The molecule has 1 fully saturated rings. The molecule has 0 radical (unpaired) electrons. The Morgan fingerprint density at radius 2 is 1.91 bits per heavy atom. The number of amides is 2. The topological polar surface area (TPSA) is 126 Å². The van der Waals surface area contributed by atoms with Crippen molar-refractivity contribution in [1.82, 2.24) is 25.5 Å². The molecule has 1 aliphatic rings. The largest absolute Gasteiger partial charge is 0.424 e. The predicted octanol–water partition coefficient (Wildman–Crippen LogP) is 3.96. The van der Waals surface area contributed by atoms with Crippen molar-refractivity contribution in [1.29, 1.82) is 0 Å². The number of benzene rings is 1. The van der Waals surface area contributed by atoms with E-state index in [0.29, 0.717) is 30.5 Å². The van der Waals surface area contributed by atoms with Gasteiger partial charge in [0.15, 0.2) is 0 Å². The van der Waals surface area contributed by atoms with E-state index in [1.807, 2.05) is 39.0 Å². The molecular weight excluding hydrogens is 410 g/mol. The third kappa shape index (κ3) is 5.73. The molecule has 1 aliphatic heterocycles. The van der Waals surface area contributed by atoms with Gasteiger partial charge >= 0.3 is 12.0 Å². The van der Waals surface area contributed by atoms with Crippen LogP contribution in [0.15, 0.2) is 30.3 Å². The average molecular weight is 438 g/mol. The Morgan fingerprint density at radius 3 is 2.62 bits per heavy atom. The zero-order valence-electron chi connectivity index (χ0n) is 18.4. The molecule has 0 atom stereocenters. The SMILES string of the molecule is Cc1cc(Nc2cc(C)nc(Oc3ccc(NC(=O)NC4CCOCC4)cc3C)n2)[nH]n1. The summed E-state index contributed by atoms with van der Waals surface area (Å²) in [6.07, 6.45) is 1.65. The molecule has 0 aliphatic carbocycles. The van der Waals surface area contributed by atoms with Crippen LogP contribution >= 0.6 is 0 Å². The predicted molar refractivity (Wildman–Crippen MR) is 121 cm³/mol. The number of ether oxygens (including phenoxy) is 2. The van der Waals surface area contributed by atoms with Gasteiger partial charge in [0.2, 0.25) is 0 Å². The molecule has 0 saturated carbocycles. The fraction of sp³-hybridized carbons (Fsp3) is 0.364. The zero-order valence-corrected chi connectivity index (χ0v) is 18.4. The summed E-state index contributed by atoms with van der Waals surface area (Å²) in [5.74, 6) is 1.93. The molecule has 4 N–H and O–H groups in total. The van der Waals surface area contributed by atoms with Gasteiger partial charge in [-0.25, -0.2) is 9.78 Å². The van der Waals surface area contributed by atoms with Crippen molar-refractivity contribution in [2.45, 2.75) is 39.7 Å². The van der Waals surface area contributed by atoms with E-state index in [-0.39, 0.29) is 18.1 Å². The van der Waals surface area contributed by atoms with E-state index in [4.69, 9.17) is 9.47 Å². The number of rotatable bonds is 6. The second-order valence-corrected chi connectivity index (χ2v) is 7.79. The van der Waals surface area contributed by atoms with E-state index >= 15 is 0 Å². The Balaban J connectivity index is 1.40. The van der Waals surface area contributed by atoms with E-state index in [9.17, 15) is 4.79 Å². The summed E-state index contributed by atoms with van der Waals surface area (Å²) in [4.78, 5) is 21.1. The lowest BCUT2D eigenvalue weighted by Gasteiger charge is -2.23. The molecule has 4 rings (SSSR count). The van der Waals surface area contributed by atoms with Crippen LogP contribution < -0.4 is 20.7 Å². The Kier molecular flexibility index (Phi) is 6.50. The van der Waals surface area contributed by atoms with Crippen molar-refractivity contribution in [2.24, 2.45) is 0 Å². The van der Waals surface area contributed by atoms with Crippen LogP contribution in [0.1, 0.15) is 29.8 Å². The van der Waals surface area contributed by atoms with Crippen molar-refractivity contribution in [3.05, 3.63) is 47.3 Å². The van der Waals surface area contributed by atoms with Gasteiger partial charge in [-0.05, 0) is 57.4 Å². The number of aromatic nitrogens is 4. The number of hydrogen-bond donors (Lipinski definition) is 4. The Bertz CT molecular complexity index is 1090.